The Hall–Kier alpha value is -4.24. The van der Waals surface area contributed by atoms with Gasteiger partial charge in [-0.1, -0.05) is 42.1 Å². The molecule has 7 nitrogen and oxygen atoms in total. The summed E-state index contributed by atoms with van der Waals surface area (Å²) in [6.07, 6.45) is 1.67. The maximum absolute atomic E-state index is 13.5. The molecule has 1 aliphatic rings. The van der Waals surface area contributed by atoms with E-state index < -0.39 is 5.82 Å². The Morgan fingerprint density at radius 1 is 0.943 bits per heavy atom. The fraction of sp³-hybridized carbons (Fsp3) is 0.0769. The van der Waals surface area contributed by atoms with Gasteiger partial charge >= 0.3 is 0 Å². The van der Waals surface area contributed by atoms with Crippen molar-refractivity contribution in [1.82, 2.24) is 0 Å². The summed E-state index contributed by atoms with van der Waals surface area (Å²) in [6.45, 7) is 1.42. The van der Waals surface area contributed by atoms with Crippen molar-refractivity contribution in [2.75, 3.05) is 21.3 Å². The molecule has 0 unspecified atom stereocenters. The third-order valence-corrected chi connectivity index (χ3v) is 5.78. The van der Waals surface area contributed by atoms with Crippen molar-refractivity contribution >= 4 is 57.8 Å². The molecule has 9 heteroatoms. The van der Waals surface area contributed by atoms with Crippen LogP contribution in [0.4, 0.5) is 21.5 Å². The second-order valence-electron chi connectivity index (χ2n) is 7.55. The molecule has 35 heavy (non-hydrogen) atoms. The molecule has 0 saturated carbocycles. The van der Waals surface area contributed by atoms with E-state index in [1.165, 1.54) is 36.1 Å². The lowest BCUT2D eigenvalue weighted by Crippen LogP contribution is -2.31. The van der Waals surface area contributed by atoms with E-state index >= 15 is 0 Å². The van der Waals surface area contributed by atoms with Gasteiger partial charge in [-0.25, -0.2) is 9.38 Å². The minimum Gasteiger partial charge on any atom is -0.326 e. The van der Waals surface area contributed by atoms with E-state index in [9.17, 15) is 18.8 Å². The Morgan fingerprint density at radius 3 is 2.20 bits per heavy atom. The zero-order valence-corrected chi connectivity index (χ0v) is 19.5. The van der Waals surface area contributed by atoms with Gasteiger partial charge in [0.25, 0.3) is 5.91 Å². The van der Waals surface area contributed by atoms with Gasteiger partial charge in [0, 0.05) is 18.3 Å². The number of rotatable bonds is 6. The fourth-order valence-electron chi connectivity index (χ4n) is 3.29. The first-order valence-electron chi connectivity index (χ1n) is 10.6. The number of anilines is 3. The first-order chi connectivity index (χ1) is 16.9. The summed E-state index contributed by atoms with van der Waals surface area (Å²) in [4.78, 5) is 42.7. The molecular formula is C26H21FN4O3S. The number of thioether (sulfide) groups is 1. The second kappa shape index (κ2) is 10.8. The van der Waals surface area contributed by atoms with Crippen LogP contribution < -0.4 is 15.5 Å². The minimum absolute atomic E-state index is 0.00409. The van der Waals surface area contributed by atoms with Crippen molar-refractivity contribution in [3.63, 3.8) is 0 Å². The van der Waals surface area contributed by atoms with Gasteiger partial charge in [-0.05, 0) is 60.2 Å². The van der Waals surface area contributed by atoms with E-state index in [0.717, 1.165) is 17.3 Å². The molecule has 4 rings (SSSR count). The molecule has 0 bridgehead atoms. The van der Waals surface area contributed by atoms with E-state index in [-0.39, 0.29) is 29.2 Å². The van der Waals surface area contributed by atoms with Crippen LogP contribution in [0.2, 0.25) is 0 Å². The van der Waals surface area contributed by atoms with Crippen LogP contribution in [0.15, 0.2) is 89.6 Å². The molecule has 3 aromatic rings. The van der Waals surface area contributed by atoms with Gasteiger partial charge in [-0.15, -0.1) is 0 Å². The zero-order valence-electron chi connectivity index (χ0n) is 18.7. The number of amides is 3. The molecule has 0 radical (unpaired) electrons. The Balaban J connectivity index is 1.49. The van der Waals surface area contributed by atoms with Crippen LogP contribution in [-0.2, 0) is 14.4 Å². The van der Waals surface area contributed by atoms with Crippen LogP contribution in [0.1, 0.15) is 12.5 Å². The zero-order chi connectivity index (χ0) is 24.8. The standard InChI is InChI=1S/C26H21FN4O3S/c1-17(32)28-20-9-11-21(12-10-20)29-24(33)16-35-26-30-23(15-18-5-3-2-4-6-18)25(34)31(26)22-13-7-19(27)8-14-22/h2-15H,16H2,1H3,(H,28,32)(H,29,33)/b23-15-. The summed E-state index contributed by atoms with van der Waals surface area (Å²) in [7, 11) is 0. The lowest BCUT2D eigenvalue weighted by molar-refractivity contribution is -0.114. The smallest absolute Gasteiger partial charge is 0.283 e. The lowest BCUT2D eigenvalue weighted by Gasteiger charge is -2.17. The summed E-state index contributed by atoms with van der Waals surface area (Å²) >= 11 is 1.10. The van der Waals surface area contributed by atoms with Crippen molar-refractivity contribution < 1.29 is 18.8 Å². The highest BCUT2D eigenvalue weighted by Gasteiger charge is 2.32. The van der Waals surface area contributed by atoms with Crippen LogP contribution in [0.25, 0.3) is 6.08 Å². The molecule has 0 aliphatic carbocycles. The quantitative estimate of drug-likeness (QED) is 0.483. The third kappa shape index (κ3) is 6.21. The second-order valence-corrected chi connectivity index (χ2v) is 8.49. The van der Waals surface area contributed by atoms with Crippen molar-refractivity contribution in [3.8, 4) is 0 Å². The summed E-state index contributed by atoms with van der Waals surface area (Å²) in [6, 6.07) is 21.5. The number of hydrogen-bond donors (Lipinski definition) is 2. The van der Waals surface area contributed by atoms with E-state index in [0.29, 0.717) is 22.2 Å². The van der Waals surface area contributed by atoms with E-state index in [1.807, 2.05) is 30.3 Å². The number of nitrogens with zero attached hydrogens (tertiary/aromatic N) is 2. The van der Waals surface area contributed by atoms with Gasteiger partial charge in [-0.2, -0.15) is 0 Å². The summed E-state index contributed by atoms with van der Waals surface area (Å²) < 4.78 is 13.5. The maximum atomic E-state index is 13.5. The number of carbonyl (C=O) groups is 3. The largest absolute Gasteiger partial charge is 0.326 e. The highest BCUT2D eigenvalue weighted by Crippen LogP contribution is 2.29. The van der Waals surface area contributed by atoms with Crippen molar-refractivity contribution in [1.29, 1.82) is 0 Å². The highest BCUT2D eigenvalue weighted by molar-refractivity contribution is 8.14. The molecule has 0 atom stereocenters. The molecule has 3 aromatic carbocycles. The molecule has 1 aliphatic heterocycles. The predicted octanol–water partition coefficient (Wildman–Crippen LogP) is 4.90. The number of halogens is 1. The molecule has 0 spiro atoms. The molecule has 0 aromatic heterocycles. The van der Waals surface area contributed by atoms with Crippen LogP contribution in [0.3, 0.4) is 0 Å². The lowest BCUT2D eigenvalue weighted by atomic mass is 10.2. The van der Waals surface area contributed by atoms with Crippen LogP contribution in [0, 0.1) is 5.82 Å². The molecular weight excluding hydrogens is 467 g/mol. The Labute approximate surface area is 205 Å². The molecule has 3 amide bonds. The van der Waals surface area contributed by atoms with Gasteiger partial charge in [-0.3, -0.25) is 19.3 Å². The highest BCUT2D eigenvalue weighted by atomic mass is 32.2. The fourth-order valence-corrected chi connectivity index (χ4v) is 4.10. The SMILES string of the molecule is CC(=O)Nc1ccc(NC(=O)CSC2=N/C(=C\c3ccccc3)C(=O)N2c2ccc(F)cc2)cc1. The first-order valence-corrected chi connectivity index (χ1v) is 11.6. The molecule has 0 fully saturated rings. The van der Waals surface area contributed by atoms with Crippen molar-refractivity contribution in [3.05, 3.63) is 95.9 Å². The Bertz CT molecular complexity index is 1310. The monoisotopic (exact) mass is 488 g/mol. The van der Waals surface area contributed by atoms with Gasteiger partial charge in [0.15, 0.2) is 5.17 Å². The molecule has 2 N–H and O–H groups in total. The van der Waals surface area contributed by atoms with E-state index in [2.05, 4.69) is 15.6 Å². The maximum Gasteiger partial charge on any atom is 0.283 e. The van der Waals surface area contributed by atoms with Crippen LogP contribution in [0.5, 0.6) is 0 Å². The van der Waals surface area contributed by atoms with E-state index in [4.69, 9.17) is 0 Å². The number of nitrogens with one attached hydrogen (secondary N) is 2. The molecule has 1 heterocycles. The minimum atomic E-state index is -0.421. The van der Waals surface area contributed by atoms with Crippen molar-refractivity contribution in [2.24, 2.45) is 4.99 Å². The number of hydrogen-bond acceptors (Lipinski definition) is 5. The van der Waals surface area contributed by atoms with Gasteiger partial charge in [0.1, 0.15) is 11.5 Å². The van der Waals surface area contributed by atoms with Gasteiger partial charge < -0.3 is 10.6 Å². The summed E-state index contributed by atoms with van der Waals surface area (Å²) in [5.74, 6) is -1.27. The topological polar surface area (TPSA) is 90.9 Å². The normalized spacial score (nSPS) is 14.1. The predicted molar refractivity (Wildman–Crippen MR) is 138 cm³/mol. The average Bonchev–Trinajstić information content (AvgIpc) is 3.15. The summed E-state index contributed by atoms with van der Waals surface area (Å²) in [5, 5.41) is 5.75. The van der Waals surface area contributed by atoms with Crippen LogP contribution >= 0.6 is 11.8 Å². The van der Waals surface area contributed by atoms with Gasteiger partial charge in [0.2, 0.25) is 11.8 Å². The first kappa shape index (κ1) is 23.9. The number of amidine groups is 1. The Kier molecular flexibility index (Phi) is 7.37. The third-order valence-electron chi connectivity index (χ3n) is 4.84. The number of aliphatic imine (C=N–C) groups is 1. The average molecular weight is 489 g/mol. The summed E-state index contributed by atoms with van der Waals surface area (Å²) in [5.41, 5.74) is 2.67. The molecule has 176 valence electrons. The van der Waals surface area contributed by atoms with Crippen molar-refractivity contribution in [2.45, 2.75) is 6.92 Å². The number of benzene rings is 3. The van der Waals surface area contributed by atoms with Gasteiger partial charge in [0.05, 0.1) is 11.4 Å². The van der Waals surface area contributed by atoms with E-state index in [1.54, 1.807) is 30.3 Å². The van der Waals surface area contributed by atoms with Crippen LogP contribution in [-0.4, -0.2) is 28.6 Å². The Morgan fingerprint density at radius 2 is 1.57 bits per heavy atom. The number of carbonyl (C=O) groups excluding carboxylic acids is 3. The molecule has 0 saturated heterocycles.